The lowest BCUT2D eigenvalue weighted by molar-refractivity contribution is -0.120. The molecule has 0 unspecified atom stereocenters. The molecular weight excluding hydrogens is 420 g/mol. The predicted octanol–water partition coefficient (Wildman–Crippen LogP) is 3.35. The normalized spacial score (nSPS) is 18.5. The van der Waals surface area contributed by atoms with Gasteiger partial charge in [-0.15, -0.1) is 0 Å². The summed E-state index contributed by atoms with van der Waals surface area (Å²) in [4.78, 5) is 22.2. The van der Waals surface area contributed by atoms with Gasteiger partial charge in [0.15, 0.2) is 0 Å². The van der Waals surface area contributed by atoms with Crippen molar-refractivity contribution in [2.24, 2.45) is 0 Å². The topological polar surface area (TPSA) is 119 Å². The average molecular weight is 444 g/mol. The van der Waals surface area contributed by atoms with Crippen LogP contribution in [-0.4, -0.2) is 38.3 Å². The highest BCUT2D eigenvalue weighted by atomic mass is 16.5. The Morgan fingerprint density at radius 3 is 2.97 bits per heavy atom. The van der Waals surface area contributed by atoms with E-state index >= 15 is 0 Å². The molecule has 1 N–H and O–H groups in total. The lowest BCUT2D eigenvalue weighted by Crippen LogP contribution is -2.29. The van der Waals surface area contributed by atoms with Crippen LogP contribution in [0.1, 0.15) is 48.5 Å². The number of benzene rings is 1. The van der Waals surface area contributed by atoms with Crippen LogP contribution >= 0.6 is 0 Å². The van der Waals surface area contributed by atoms with Crippen molar-refractivity contribution in [1.29, 1.82) is 5.26 Å². The smallest absolute Gasteiger partial charge is 0.227 e. The zero-order valence-corrected chi connectivity index (χ0v) is 18.5. The molecule has 1 fully saturated rings. The molecule has 1 aliphatic heterocycles. The Morgan fingerprint density at radius 2 is 2.21 bits per heavy atom. The molecule has 5 rings (SSSR count). The van der Waals surface area contributed by atoms with Crippen LogP contribution in [0.3, 0.4) is 0 Å². The van der Waals surface area contributed by atoms with E-state index < -0.39 is 0 Å². The number of amides is 1. The fourth-order valence-electron chi connectivity index (χ4n) is 4.51. The van der Waals surface area contributed by atoms with Gasteiger partial charge >= 0.3 is 0 Å². The second-order valence-electron chi connectivity index (χ2n) is 8.45. The third-order valence-corrected chi connectivity index (χ3v) is 6.19. The van der Waals surface area contributed by atoms with Crippen LogP contribution in [0.25, 0.3) is 21.9 Å². The molecule has 4 aromatic rings. The van der Waals surface area contributed by atoms with Crippen molar-refractivity contribution in [2.75, 3.05) is 6.61 Å². The van der Waals surface area contributed by atoms with Gasteiger partial charge in [-0.25, -0.2) is 4.98 Å². The van der Waals surface area contributed by atoms with Crippen molar-refractivity contribution in [1.82, 2.24) is 25.0 Å². The summed E-state index contributed by atoms with van der Waals surface area (Å²) in [5.74, 6) is 1.23. The van der Waals surface area contributed by atoms with Crippen molar-refractivity contribution in [2.45, 2.75) is 51.8 Å². The summed E-state index contributed by atoms with van der Waals surface area (Å²) in [5.41, 5.74) is 3.83. The van der Waals surface area contributed by atoms with E-state index in [1.807, 2.05) is 19.1 Å². The Morgan fingerprint density at radius 1 is 1.33 bits per heavy atom. The molecule has 2 atom stereocenters. The SMILES string of the molecule is Cc1oncc1CNC(=O)Cc1nc2cnc3ccc(C#N)cc3c2n1[C@@H]1CCO[C@H](C)C1. The molecule has 9 nitrogen and oxygen atoms in total. The highest BCUT2D eigenvalue weighted by Crippen LogP contribution is 2.34. The van der Waals surface area contributed by atoms with Gasteiger partial charge < -0.3 is 19.1 Å². The third-order valence-electron chi connectivity index (χ3n) is 6.19. The molecule has 1 saturated heterocycles. The van der Waals surface area contributed by atoms with E-state index in [4.69, 9.17) is 14.2 Å². The Balaban J connectivity index is 1.56. The first kappa shape index (κ1) is 21.1. The number of nitriles is 1. The van der Waals surface area contributed by atoms with Crippen LogP contribution < -0.4 is 5.32 Å². The summed E-state index contributed by atoms with van der Waals surface area (Å²) in [6.45, 7) is 4.87. The first-order valence-corrected chi connectivity index (χ1v) is 11.0. The molecule has 1 aliphatic rings. The van der Waals surface area contributed by atoms with E-state index in [-0.39, 0.29) is 24.5 Å². The number of imidazole rings is 1. The first-order valence-electron chi connectivity index (χ1n) is 11.0. The molecule has 0 aliphatic carbocycles. The van der Waals surface area contributed by atoms with Gasteiger partial charge in [-0.3, -0.25) is 9.78 Å². The second kappa shape index (κ2) is 8.64. The summed E-state index contributed by atoms with van der Waals surface area (Å²) in [7, 11) is 0. The van der Waals surface area contributed by atoms with Crippen molar-refractivity contribution in [3.63, 3.8) is 0 Å². The molecule has 168 valence electrons. The van der Waals surface area contributed by atoms with Crippen LogP contribution in [0.15, 0.2) is 35.1 Å². The largest absolute Gasteiger partial charge is 0.378 e. The summed E-state index contributed by atoms with van der Waals surface area (Å²) >= 11 is 0. The molecule has 1 aromatic carbocycles. The van der Waals surface area contributed by atoms with E-state index in [9.17, 15) is 10.1 Å². The third kappa shape index (κ3) is 4.05. The predicted molar refractivity (Wildman–Crippen MR) is 120 cm³/mol. The van der Waals surface area contributed by atoms with Crippen molar-refractivity contribution >= 4 is 27.8 Å². The number of fused-ring (bicyclic) bond motifs is 3. The van der Waals surface area contributed by atoms with Crippen LogP contribution in [0.2, 0.25) is 0 Å². The van der Waals surface area contributed by atoms with Gasteiger partial charge in [0.05, 0.1) is 47.6 Å². The Labute approximate surface area is 190 Å². The summed E-state index contributed by atoms with van der Waals surface area (Å²) < 4.78 is 13.0. The number of carbonyl (C=O) groups is 1. The number of carbonyl (C=O) groups excluding carboxylic acids is 1. The molecule has 33 heavy (non-hydrogen) atoms. The molecule has 0 radical (unpaired) electrons. The van der Waals surface area contributed by atoms with Crippen LogP contribution in [0.5, 0.6) is 0 Å². The van der Waals surface area contributed by atoms with Crippen LogP contribution in [0.4, 0.5) is 0 Å². The summed E-state index contributed by atoms with van der Waals surface area (Å²) in [6.07, 6.45) is 5.24. The van der Waals surface area contributed by atoms with Crippen LogP contribution in [0, 0.1) is 18.3 Å². The zero-order chi connectivity index (χ0) is 22.9. The number of aryl methyl sites for hydroxylation is 1. The minimum atomic E-state index is -0.137. The van der Waals surface area contributed by atoms with Crippen molar-refractivity contribution in [3.8, 4) is 6.07 Å². The maximum atomic E-state index is 12.9. The molecule has 9 heteroatoms. The van der Waals surface area contributed by atoms with Crippen LogP contribution in [-0.2, 0) is 22.5 Å². The van der Waals surface area contributed by atoms with Crippen molar-refractivity contribution in [3.05, 3.63) is 53.3 Å². The number of nitrogens with zero attached hydrogens (tertiary/aromatic N) is 5. The molecule has 4 heterocycles. The standard InChI is InChI=1S/C24H24N6O3/c1-14-7-18(5-6-32-14)30-22(9-23(31)27-11-17-12-28-33-15(17)2)29-21-13-26-20-4-3-16(10-25)8-19(20)24(21)30/h3-4,8,12-14,18H,5-7,9,11H2,1-2H3,(H,27,31)/t14-,18-/m1/s1. The van der Waals surface area contributed by atoms with Gasteiger partial charge in [-0.05, 0) is 44.9 Å². The maximum Gasteiger partial charge on any atom is 0.227 e. The molecule has 3 aromatic heterocycles. The highest BCUT2D eigenvalue weighted by molar-refractivity contribution is 6.03. The summed E-state index contributed by atoms with van der Waals surface area (Å²) in [5, 5.41) is 17.0. The fraction of sp³-hybridized carbons (Fsp3) is 0.375. The fourth-order valence-corrected chi connectivity index (χ4v) is 4.51. The molecular formula is C24H24N6O3. The minimum absolute atomic E-state index is 0.113. The molecule has 0 spiro atoms. The number of pyridine rings is 1. The lowest BCUT2D eigenvalue weighted by Gasteiger charge is -2.30. The number of hydrogen-bond donors (Lipinski definition) is 1. The van der Waals surface area contributed by atoms with E-state index in [0.717, 1.165) is 40.3 Å². The molecule has 0 saturated carbocycles. The number of nitrogens with one attached hydrogen (secondary N) is 1. The first-order chi connectivity index (χ1) is 16.0. The number of hydrogen-bond acceptors (Lipinski definition) is 7. The van der Waals surface area contributed by atoms with E-state index in [1.54, 1.807) is 18.5 Å². The van der Waals surface area contributed by atoms with E-state index in [1.165, 1.54) is 0 Å². The lowest BCUT2D eigenvalue weighted by atomic mass is 10.0. The number of rotatable bonds is 5. The minimum Gasteiger partial charge on any atom is -0.378 e. The van der Waals surface area contributed by atoms with E-state index in [0.29, 0.717) is 30.3 Å². The quantitative estimate of drug-likeness (QED) is 0.501. The maximum absolute atomic E-state index is 12.9. The van der Waals surface area contributed by atoms with Crippen molar-refractivity contribution < 1.29 is 14.1 Å². The van der Waals surface area contributed by atoms with Gasteiger partial charge in [0, 0.05) is 30.1 Å². The van der Waals surface area contributed by atoms with E-state index in [2.05, 4.69) is 33.0 Å². The molecule has 0 bridgehead atoms. The van der Waals surface area contributed by atoms with Gasteiger partial charge in [-0.1, -0.05) is 5.16 Å². The second-order valence-corrected chi connectivity index (χ2v) is 8.45. The number of aromatic nitrogens is 4. The van der Waals surface area contributed by atoms with Gasteiger partial charge in [0.1, 0.15) is 17.1 Å². The number of ether oxygens (including phenoxy) is 1. The Hall–Kier alpha value is -3.77. The van der Waals surface area contributed by atoms with Gasteiger partial charge in [0.2, 0.25) is 5.91 Å². The Bertz CT molecular complexity index is 1380. The zero-order valence-electron chi connectivity index (χ0n) is 18.5. The van der Waals surface area contributed by atoms with Gasteiger partial charge in [-0.2, -0.15) is 5.26 Å². The summed E-state index contributed by atoms with van der Waals surface area (Å²) in [6, 6.07) is 7.81. The average Bonchev–Trinajstić information content (AvgIpc) is 3.40. The Kier molecular flexibility index (Phi) is 5.52. The molecule has 1 amide bonds. The monoisotopic (exact) mass is 444 g/mol. The van der Waals surface area contributed by atoms with Gasteiger partial charge in [0.25, 0.3) is 0 Å². The highest BCUT2D eigenvalue weighted by Gasteiger charge is 2.27.